The normalized spacial score (nSPS) is 22.6. The van der Waals surface area contributed by atoms with Gasteiger partial charge in [-0.3, -0.25) is 0 Å². The van der Waals surface area contributed by atoms with Crippen LogP contribution in [0.2, 0.25) is 0 Å². The summed E-state index contributed by atoms with van der Waals surface area (Å²) in [6.45, 7) is 0. The van der Waals surface area contributed by atoms with Crippen LogP contribution < -0.4 is 4.72 Å². The van der Waals surface area contributed by atoms with Crippen molar-refractivity contribution in [1.82, 2.24) is 4.72 Å². The van der Waals surface area contributed by atoms with E-state index in [1.54, 1.807) is 0 Å². The average molecular weight is 205 g/mol. The van der Waals surface area contributed by atoms with Crippen LogP contribution in [0.3, 0.4) is 0 Å². The Kier molecular flexibility index (Phi) is 1.50. The molecule has 0 unspecified atom stereocenters. The number of sulfonamides is 1. The molecule has 1 heterocycles. The van der Waals surface area contributed by atoms with Crippen molar-refractivity contribution in [3.63, 3.8) is 0 Å². The van der Waals surface area contributed by atoms with Crippen molar-refractivity contribution in [3.8, 4) is 0 Å². The van der Waals surface area contributed by atoms with Crippen molar-refractivity contribution in [2.75, 3.05) is 0 Å². The summed E-state index contributed by atoms with van der Waals surface area (Å²) < 4.78 is 49.3. The molecule has 0 radical (unpaired) electrons. The number of rotatable bonds is 0. The molecule has 0 fully saturated rings. The van der Waals surface area contributed by atoms with Crippen LogP contribution in [-0.4, -0.2) is 8.42 Å². The van der Waals surface area contributed by atoms with Crippen LogP contribution >= 0.6 is 0 Å². The number of hydrogen-bond donors (Lipinski definition) is 1. The topological polar surface area (TPSA) is 46.2 Å². The molecule has 0 spiro atoms. The fraction of sp³-hybridized carbons (Fsp3) is 0.143. The molecule has 1 aromatic carbocycles. The first-order valence-electron chi connectivity index (χ1n) is 3.45. The van der Waals surface area contributed by atoms with Crippen molar-refractivity contribution < 1.29 is 17.2 Å². The maximum Gasteiger partial charge on any atom is 0.343 e. The molecule has 2 rings (SSSR count). The summed E-state index contributed by atoms with van der Waals surface area (Å²) in [4.78, 5) is -0.347. The first kappa shape index (κ1) is 8.58. The molecule has 0 saturated carbocycles. The molecule has 0 saturated heterocycles. The van der Waals surface area contributed by atoms with E-state index in [2.05, 4.69) is 0 Å². The smallest absolute Gasteiger partial charge is 0.207 e. The van der Waals surface area contributed by atoms with Gasteiger partial charge < -0.3 is 0 Å². The van der Waals surface area contributed by atoms with Gasteiger partial charge in [-0.25, -0.2) is 8.42 Å². The van der Waals surface area contributed by atoms with E-state index in [4.69, 9.17) is 0 Å². The molecular weight excluding hydrogens is 200 g/mol. The number of nitrogens with one attached hydrogen (secondary N) is 1. The molecule has 6 heteroatoms. The minimum atomic E-state index is -4.01. The fourth-order valence-corrected chi connectivity index (χ4v) is 2.54. The van der Waals surface area contributed by atoms with Crippen LogP contribution in [0, 0.1) is 0 Å². The number of alkyl halides is 2. The minimum Gasteiger partial charge on any atom is -0.207 e. The molecule has 0 aliphatic carbocycles. The Hall–Kier alpha value is -1.01. The van der Waals surface area contributed by atoms with Crippen molar-refractivity contribution in [2.45, 2.75) is 10.9 Å². The van der Waals surface area contributed by atoms with Crippen LogP contribution in [0.4, 0.5) is 8.78 Å². The predicted octanol–water partition coefficient (Wildman–Crippen LogP) is 1.03. The fourth-order valence-electron chi connectivity index (χ4n) is 1.24. The molecule has 0 amide bonds. The van der Waals surface area contributed by atoms with Crippen molar-refractivity contribution in [2.24, 2.45) is 0 Å². The zero-order chi connectivity index (χ0) is 9.69. The second-order valence-corrected chi connectivity index (χ2v) is 4.33. The quantitative estimate of drug-likeness (QED) is 0.643. The zero-order valence-corrected chi connectivity index (χ0v) is 7.11. The highest BCUT2D eigenvalue weighted by molar-refractivity contribution is 7.89. The lowest BCUT2D eigenvalue weighted by atomic mass is 10.2. The van der Waals surface area contributed by atoms with E-state index in [1.807, 2.05) is 0 Å². The summed E-state index contributed by atoms with van der Waals surface area (Å²) in [5.74, 6) is 0. The number of hydrogen-bond acceptors (Lipinski definition) is 2. The van der Waals surface area contributed by atoms with E-state index in [-0.39, 0.29) is 4.90 Å². The third-order valence-corrected chi connectivity index (χ3v) is 3.24. The molecule has 13 heavy (non-hydrogen) atoms. The Balaban J connectivity index is 2.79. The molecule has 1 aliphatic rings. The van der Waals surface area contributed by atoms with Gasteiger partial charge >= 0.3 is 6.05 Å². The van der Waals surface area contributed by atoms with Gasteiger partial charge in [-0.15, -0.1) is 4.72 Å². The monoisotopic (exact) mass is 205 g/mol. The van der Waals surface area contributed by atoms with Crippen LogP contribution in [0.1, 0.15) is 5.56 Å². The molecule has 0 atom stereocenters. The highest BCUT2D eigenvalue weighted by Crippen LogP contribution is 2.37. The van der Waals surface area contributed by atoms with Crippen LogP contribution in [0.15, 0.2) is 29.2 Å². The first-order chi connectivity index (χ1) is 5.93. The van der Waals surface area contributed by atoms with Gasteiger partial charge in [0.15, 0.2) is 0 Å². The summed E-state index contributed by atoms with van der Waals surface area (Å²) in [5, 5.41) is 0. The Morgan fingerprint density at radius 1 is 1.23 bits per heavy atom. The summed E-state index contributed by atoms with van der Waals surface area (Å²) >= 11 is 0. The van der Waals surface area contributed by atoms with Crippen molar-refractivity contribution in [1.29, 1.82) is 0 Å². The van der Waals surface area contributed by atoms with E-state index in [0.29, 0.717) is 0 Å². The van der Waals surface area contributed by atoms with Gasteiger partial charge in [0.2, 0.25) is 10.0 Å². The second kappa shape index (κ2) is 2.27. The van der Waals surface area contributed by atoms with Gasteiger partial charge in [-0.05, 0) is 6.07 Å². The third-order valence-electron chi connectivity index (χ3n) is 1.78. The lowest BCUT2D eigenvalue weighted by Crippen LogP contribution is -2.30. The van der Waals surface area contributed by atoms with E-state index >= 15 is 0 Å². The average Bonchev–Trinajstić information content (AvgIpc) is 2.20. The first-order valence-corrected chi connectivity index (χ1v) is 4.93. The summed E-state index contributed by atoms with van der Waals surface area (Å²) in [7, 11) is -4.01. The number of halogens is 2. The van der Waals surface area contributed by atoms with Crippen LogP contribution in [0.25, 0.3) is 0 Å². The predicted molar refractivity (Wildman–Crippen MR) is 40.7 cm³/mol. The number of fused-ring (bicyclic) bond motifs is 1. The van der Waals surface area contributed by atoms with Gasteiger partial charge in [-0.2, -0.15) is 8.78 Å². The summed E-state index contributed by atoms with van der Waals surface area (Å²) in [5.41, 5.74) is -0.491. The van der Waals surface area contributed by atoms with E-state index in [9.17, 15) is 17.2 Å². The zero-order valence-electron chi connectivity index (χ0n) is 6.29. The summed E-state index contributed by atoms with van der Waals surface area (Å²) in [6.07, 6.45) is 0. The Morgan fingerprint density at radius 2 is 1.85 bits per heavy atom. The lowest BCUT2D eigenvalue weighted by molar-refractivity contribution is -0.0131. The van der Waals surface area contributed by atoms with Crippen LogP contribution in [-0.2, 0) is 16.1 Å². The molecule has 1 N–H and O–H groups in total. The van der Waals surface area contributed by atoms with Gasteiger partial charge in [-0.1, -0.05) is 18.2 Å². The second-order valence-electron chi connectivity index (χ2n) is 2.68. The van der Waals surface area contributed by atoms with E-state index in [1.165, 1.54) is 16.9 Å². The highest BCUT2D eigenvalue weighted by atomic mass is 32.2. The maximum atomic E-state index is 12.9. The van der Waals surface area contributed by atoms with E-state index < -0.39 is 21.6 Å². The highest BCUT2D eigenvalue weighted by Gasteiger charge is 2.47. The van der Waals surface area contributed by atoms with Crippen molar-refractivity contribution >= 4 is 10.0 Å². The largest absolute Gasteiger partial charge is 0.343 e. The molecule has 0 bridgehead atoms. The van der Waals surface area contributed by atoms with Gasteiger partial charge in [0.1, 0.15) is 0 Å². The Labute approximate surface area is 73.4 Å². The van der Waals surface area contributed by atoms with E-state index in [0.717, 1.165) is 12.1 Å². The molecule has 70 valence electrons. The third kappa shape index (κ3) is 1.13. The molecular formula is C7H5F2NO2S. The molecule has 1 aliphatic heterocycles. The van der Waals surface area contributed by atoms with Gasteiger partial charge in [0.05, 0.1) is 10.5 Å². The van der Waals surface area contributed by atoms with Crippen LogP contribution in [0.5, 0.6) is 0 Å². The minimum absolute atomic E-state index is 0.347. The molecule has 1 aromatic rings. The Bertz CT molecular complexity index is 455. The standard InChI is InChI=1S/C7H5F2NO2S/c8-7(9)5-3-1-2-4-6(5)13(11,12)10-7/h1-4,10H. The number of benzene rings is 1. The maximum absolute atomic E-state index is 12.9. The van der Waals surface area contributed by atoms with Crippen molar-refractivity contribution in [3.05, 3.63) is 29.8 Å². The summed E-state index contributed by atoms with van der Waals surface area (Å²) in [6, 6.07) is 1.54. The molecule has 3 nitrogen and oxygen atoms in total. The SMILES string of the molecule is O=S1(=O)NC(F)(F)c2ccccc21. The lowest BCUT2D eigenvalue weighted by Gasteiger charge is -2.06. The Morgan fingerprint density at radius 3 is 2.46 bits per heavy atom. The van der Waals surface area contributed by atoms with Gasteiger partial charge in [0.25, 0.3) is 0 Å². The van der Waals surface area contributed by atoms with Gasteiger partial charge in [0, 0.05) is 0 Å². The molecule has 0 aromatic heterocycles.